The molecule has 168 valence electrons. The first-order valence-corrected chi connectivity index (χ1v) is 12.2. The van der Waals surface area contributed by atoms with Crippen LogP contribution in [0.3, 0.4) is 0 Å². The van der Waals surface area contributed by atoms with Crippen molar-refractivity contribution in [1.82, 2.24) is 15.4 Å². The first-order chi connectivity index (χ1) is 14.5. The SMILES string of the molecule is CCNC(=NCc1ccc(S(=O)(=O)NC2CC2)cc1)NCC1(c2ccccc2)CC1.I. The summed E-state index contributed by atoms with van der Waals surface area (Å²) in [7, 11) is -3.41. The Morgan fingerprint density at radius 1 is 1.03 bits per heavy atom. The van der Waals surface area contributed by atoms with Gasteiger partial charge >= 0.3 is 0 Å². The Hall–Kier alpha value is -1.65. The average molecular weight is 554 g/mol. The Balaban J connectivity index is 0.00000272. The number of rotatable bonds is 9. The predicted molar refractivity (Wildman–Crippen MR) is 135 cm³/mol. The van der Waals surface area contributed by atoms with E-state index in [9.17, 15) is 8.42 Å². The molecule has 0 atom stereocenters. The lowest BCUT2D eigenvalue weighted by molar-refractivity contribution is 0.581. The molecule has 2 saturated carbocycles. The summed E-state index contributed by atoms with van der Waals surface area (Å²) >= 11 is 0. The summed E-state index contributed by atoms with van der Waals surface area (Å²) in [5.74, 6) is 0.784. The van der Waals surface area contributed by atoms with Gasteiger partial charge < -0.3 is 10.6 Å². The van der Waals surface area contributed by atoms with E-state index in [1.807, 2.05) is 19.1 Å². The van der Waals surface area contributed by atoms with Crippen LogP contribution in [-0.2, 0) is 22.0 Å². The zero-order valence-corrected chi connectivity index (χ0v) is 21.0. The highest BCUT2D eigenvalue weighted by Gasteiger charge is 2.44. The van der Waals surface area contributed by atoms with Crippen molar-refractivity contribution < 1.29 is 8.42 Å². The number of halogens is 1. The molecule has 8 heteroatoms. The van der Waals surface area contributed by atoms with Crippen molar-refractivity contribution in [1.29, 1.82) is 0 Å². The van der Waals surface area contributed by atoms with Gasteiger partial charge in [-0.15, -0.1) is 24.0 Å². The van der Waals surface area contributed by atoms with Crippen LogP contribution in [0, 0.1) is 0 Å². The maximum atomic E-state index is 12.3. The van der Waals surface area contributed by atoms with Gasteiger partial charge in [0.2, 0.25) is 10.0 Å². The first-order valence-electron chi connectivity index (χ1n) is 10.7. The van der Waals surface area contributed by atoms with Crippen molar-refractivity contribution in [2.75, 3.05) is 13.1 Å². The minimum atomic E-state index is -3.41. The Bertz CT molecular complexity index is 986. The van der Waals surface area contributed by atoms with E-state index in [1.54, 1.807) is 12.1 Å². The quantitative estimate of drug-likeness (QED) is 0.252. The zero-order chi connectivity index (χ0) is 21.0. The van der Waals surface area contributed by atoms with Gasteiger partial charge in [-0.1, -0.05) is 42.5 Å². The fraction of sp³-hybridized carbons (Fsp3) is 0.435. The van der Waals surface area contributed by atoms with Crippen LogP contribution in [0.4, 0.5) is 0 Å². The number of aliphatic imine (C=N–C) groups is 1. The fourth-order valence-electron chi connectivity index (χ4n) is 3.54. The molecule has 31 heavy (non-hydrogen) atoms. The molecule has 0 unspecified atom stereocenters. The molecule has 2 aliphatic carbocycles. The van der Waals surface area contributed by atoms with Gasteiger partial charge in [-0.25, -0.2) is 18.1 Å². The van der Waals surface area contributed by atoms with Gasteiger partial charge in [-0.3, -0.25) is 0 Å². The Morgan fingerprint density at radius 3 is 2.29 bits per heavy atom. The van der Waals surface area contributed by atoms with Gasteiger partial charge in [0.25, 0.3) is 0 Å². The molecule has 0 spiro atoms. The lowest BCUT2D eigenvalue weighted by Gasteiger charge is -2.19. The molecule has 0 amide bonds. The molecule has 2 aromatic rings. The van der Waals surface area contributed by atoms with E-state index in [0.717, 1.165) is 37.5 Å². The van der Waals surface area contributed by atoms with Crippen molar-refractivity contribution >= 4 is 40.0 Å². The number of nitrogens with one attached hydrogen (secondary N) is 3. The molecule has 2 aliphatic rings. The summed E-state index contributed by atoms with van der Waals surface area (Å²) in [6.45, 7) is 4.18. The third kappa shape index (κ3) is 6.43. The van der Waals surface area contributed by atoms with E-state index < -0.39 is 10.0 Å². The van der Waals surface area contributed by atoms with E-state index in [2.05, 4.69) is 50.7 Å². The van der Waals surface area contributed by atoms with Gasteiger partial charge in [-0.05, 0) is 55.9 Å². The van der Waals surface area contributed by atoms with Crippen LogP contribution in [-0.4, -0.2) is 33.5 Å². The van der Waals surface area contributed by atoms with Crippen LogP contribution in [0.15, 0.2) is 64.5 Å². The van der Waals surface area contributed by atoms with Gasteiger partial charge in [0, 0.05) is 24.5 Å². The summed E-state index contributed by atoms with van der Waals surface area (Å²) < 4.78 is 27.3. The summed E-state index contributed by atoms with van der Waals surface area (Å²) in [6, 6.07) is 17.7. The summed E-state index contributed by atoms with van der Waals surface area (Å²) in [5, 5.41) is 6.79. The van der Waals surface area contributed by atoms with E-state index >= 15 is 0 Å². The number of hydrogen-bond donors (Lipinski definition) is 3. The Kier molecular flexibility index (Phi) is 7.98. The third-order valence-corrected chi connectivity index (χ3v) is 7.27. The average Bonchev–Trinajstić information content (AvgIpc) is 3.68. The second-order valence-corrected chi connectivity index (χ2v) is 9.95. The molecule has 0 heterocycles. The third-order valence-electron chi connectivity index (χ3n) is 5.73. The van der Waals surface area contributed by atoms with Crippen LogP contribution in [0.5, 0.6) is 0 Å². The molecule has 0 aliphatic heterocycles. The number of guanidine groups is 1. The van der Waals surface area contributed by atoms with Gasteiger partial charge in [0.05, 0.1) is 11.4 Å². The van der Waals surface area contributed by atoms with Gasteiger partial charge in [0.1, 0.15) is 0 Å². The summed E-state index contributed by atoms with van der Waals surface area (Å²) in [4.78, 5) is 5.00. The minimum Gasteiger partial charge on any atom is -0.357 e. The predicted octanol–water partition coefficient (Wildman–Crippen LogP) is 3.53. The maximum absolute atomic E-state index is 12.3. The number of benzene rings is 2. The van der Waals surface area contributed by atoms with E-state index in [4.69, 9.17) is 0 Å². The Labute approximate surface area is 202 Å². The second kappa shape index (κ2) is 10.3. The number of hydrogen-bond acceptors (Lipinski definition) is 3. The van der Waals surface area contributed by atoms with E-state index in [0.29, 0.717) is 11.4 Å². The summed E-state index contributed by atoms with van der Waals surface area (Å²) in [5.41, 5.74) is 2.56. The molecule has 4 rings (SSSR count). The van der Waals surface area contributed by atoms with Crippen LogP contribution < -0.4 is 15.4 Å². The van der Waals surface area contributed by atoms with E-state index in [1.165, 1.54) is 18.4 Å². The van der Waals surface area contributed by atoms with E-state index in [-0.39, 0.29) is 35.4 Å². The standard InChI is InChI=1S/C23H30N4O2S.HI/c1-2-24-22(26-17-23(14-15-23)19-6-4-3-5-7-19)25-16-18-8-12-21(13-9-18)30(28,29)27-20-10-11-20;/h3-9,12-13,20,27H,2,10-11,14-17H2,1H3,(H2,24,25,26);1H. The molecule has 0 saturated heterocycles. The smallest absolute Gasteiger partial charge is 0.240 e. The molecule has 0 bridgehead atoms. The first kappa shape index (κ1) is 24.0. The normalized spacial score (nSPS) is 17.5. The monoisotopic (exact) mass is 554 g/mol. The summed E-state index contributed by atoms with van der Waals surface area (Å²) in [6.07, 6.45) is 4.23. The maximum Gasteiger partial charge on any atom is 0.240 e. The molecular weight excluding hydrogens is 523 g/mol. The minimum absolute atomic E-state index is 0. The Morgan fingerprint density at radius 2 is 1.71 bits per heavy atom. The largest absolute Gasteiger partial charge is 0.357 e. The highest BCUT2D eigenvalue weighted by molar-refractivity contribution is 14.0. The zero-order valence-electron chi connectivity index (χ0n) is 17.8. The van der Waals surface area contributed by atoms with Crippen LogP contribution in [0.1, 0.15) is 43.7 Å². The topological polar surface area (TPSA) is 82.6 Å². The fourth-order valence-corrected chi connectivity index (χ4v) is 4.84. The van der Waals surface area contributed by atoms with Crippen molar-refractivity contribution in [3.05, 3.63) is 65.7 Å². The van der Waals surface area contributed by atoms with Gasteiger partial charge in [-0.2, -0.15) is 0 Å². The molecule has 0 radical (unpaired) electrons. The highest BCUT2D eigenvalue weighted by atomic mass is 127. The lowest BCUT2D eigenvalue weighted by atomic mass is 9.96. The second-order valence-electron chi connectivity index (χ2n) is 8.23. The number of sulfonamides is 1. The molecule has 2 aromatic carbocycles. The van der Waals surface area contributed by atoms with Crippen LogP contribution in [0.25, 0.3) is 0 Å². The molecule has 2 fully saturated rings. The molecular formula is C23H31IN4O2S. The molecule has 0 aromatic heterocycles. The van der Waals surface area contributed by atoms with Crippen LogP contribution in [0.2, 0.25) is 0 Å². The van der Waals surface area contributed by atoms with Crippen molar-refractivity contribution in [2.24, 2.45) is 4.99 Å². The highest BCUT2D eigenvalue weighted by Crippen LogP contribution is 2.47. The lowest BCUT2D eigenvalue weighted by Crippen LogP contribution is -2.41. The van der Waals surface area contributed by atoms with Gasteiger partial charge in [0.15, 0.2) is 5.96 Å². The van der Waals surface area contributed by atoms with Crippen LogP contribution >= 0.6 is 24.0 Å². The van der Waals surface area contributed by atoms with Crippen molar-refractivity contribution in [2.45, 2.75) is 55.5 Å². The molecule has 3 N–H and O–H groups in total. The molecule has 6 nitrogen and oxygen atoms in total. The van der Waals surface area contributed by atoms with Crippen molar-refractivity contribution in [3.8, 4) is 0 Å². The van der Waals surface area contributed by atoms with Crippen molar-refractivity contribution in [3.63, 3.8) is 0 Å². The number of nitrogens with zero attached hydrogens (tertiary/aromatic N) is 1.